The highest BCUT2D eigenvalue weighted by Crippen LogP contribution is 2.23. The lowest BCUT2D eigenvalue weighted by Gasteiger charge is -2.19. The van der Waals surface area contributed by atoms with Gasteiger partial charge < -0.3 is 14.6 Å². The third kappa shape index (κ3) is 3.26. The lowest BCUT2D eigenvalue weighted by Crippen LogP contribution is -2.31. The van der Waals surface area contributed by atoms with Crippen molar-refractivity contribution in [2.24, 2.45) is 14.1 Å². The molecule has 1 N–H and O–H groups in total. The van der Waals surface area contributed by atoms with Crippen LogP contribution in [0.1, 0.15) is 33.5 Å². The molecule has 25 heavy (non-hydrogen) atoms. The molecule has 1 aromatic carbocycles. The van der Waals surface area contributed by atoms with Gasteiger partial charge in [0.2, 0.25) is 0 Å². The number of carbonyl (C=O) groups is 1. The summed E-state index contributed by atoms with van der Waals surface area (Å²) in [6.07, 6.45) is 5.15. The van der Waals surface area contributed by atoms with Crippen molar-refractivity contribution >= 4 is 5.91 Å². The number of hydrogen-bond donors (Lipinski definition) is 1. The molecule has 3 aromatic rings. The Labute approximate surface area is 146 Å². The van der Waals surface area contributed by atoms with Gasteiger partial charge in [-0.2, -0.15) is 5.10 Å². The highest BCUT2D eigenvalue weighted by molar-refractivity contribution is 5.95. The third-order valence-corrected chi connectivity index (χ3v) is 4.32. The van der Waals surface area contributed by atoms with Crippen LogP contribution in [0.3, 0.4) is 0 Å². The number of hydrogen-bond acceptors (Lipinski definition) is 4. The van der Waals surface area contributed by atoms with Crippen molar-refractivity contribution in [1.82, 2.24) is 24.6 Å². The summed E-state index contributed by atoms with van der Waals surface area (Å²) in [5.41, 5.74) is 2.28. The highest BCUT2D eigenvalue weighted by atomic mass is 16.5. The normalized spacial score (nSPS) is 12.0. The number of rotatable bonds is 5. The summed E-state index contributed by atoms with van der Waals surface area (Å²) in [7, 11) is 5.34. The molecule has 0 saturated heterocycles. The van der Waals surface area contributed by atoms with Crippen LogP contribution in [0.2, 0.25) is 0 Å². The predicted octanol–water partition coefficient (Wildman–Crippen LogP) is 1.99. The van der Waals surface area contributed by atoms with Crippen LogP contribution in [0, 0.1) is 6.92 Å². The maximum Gasteiger partial charge on any atom is 0.255 e. The van der Waals surface area contributed by atoms with Crippen molar-refractivity contribution in [3.8, 4) is 5.75 Å². The second-order valence-corrected chi connectivity index (χ2v) is 5.84. The summed E-state index contributed by atoms with van der Waals surface area (Å²) >= 11 is 0. The van der Waals surface area contributed by atoms with E-state index < -0.39 is 0 Å². The van der Waals surface area contributed by atoms with Crippen molar-refractivity contribution < 1.29 is 9.53 Å². The van der Waals surface area contributed by atoms with Gasteiger partial charge in [0.15, 0.2) is 0 Å². The lowest BCUT2D eigenvalue weighted by molar-refractivity contribution is 0.0940. The number of ether oxygens (including phenoxy) is 1. The monoisotopic (exact) mass is 339 g/mol. The predicted molar refractivity (Wildman–Crippen MR) is 93.5 cm³/mol. The van der Waals surface area contributed by atoms with Crippen LogP contribution in [0.5, 0.6) is 5.75 Å². The molecule has 0 radical (unpaired) electrons. The molecule has 130 valence electrons. The van der Waals surface area contributed by atoms with Crippen LogP contribution in [0.15, 0.2) is 42.9 Å². The lowest BCUT2D eigenvalue weighted by atomic mass is 10.1. The standard InChI is InChI=1S/C18H21N5O2/c1-12-15(11-20-23(12)3)18(24)21-16(17-19-9-10-22(17)2)13-5-7-14(25-4)8-6-13/h5-11,16H,1-4H3,(H,21,24)/t16-/m0/s1. The minimum Gasteiger partial charge on any atom is -0.497 e. The second-order valence-electron chi connectivity index (χ2n) is 5.84. The van der Waals surface area contributed by atoms with Crippen molar-refractivity contribution in [3.63, 3.8) is 0 Å². The van der Waals surface area contributed by atoms with Gasteiger partial charge in [-0.3, -0.25) is 9.48 Å². The second kappa shape index (κ2) is 6.80. The quantitative estimate of drug-likeness (QED) is 0.771. The largest absolute Gasteiger partial charge is 0.497 e. The molecule has 0 fully saturated rings. The molecule has 1 amide bonds. The summed E-state index contributed by atoms with van der Waals surface area (Å²) in [6, 6.07) is 7.21. The molecule has 0 aliphatic heterocycles. The van der Waals surface area contributed by atoms with Crippen molar-refractivity contribution in [2.45, 2.75) is 13.0 Å². The summed E-state index contributed by atoms with van der Waals surface area (Å²) in [5.74, 6) is 1.33. The zero-order valence-corrected chi connectivity index (χ0v) is 14.7. The van der Waals surface area contributed by atoms with E-state index in [4.69, 9.17) is 4.74 Å². The molecule has 7 nitrogen and oxygen atoms in total. The fraction of sp³-hybridized carbons (Fsp3) is 0.278. The van der Waals surface area contributed by atoms with Crippen LogP contribution < -0.4 is 10.1 Å². The number of nitrogens with one attached hydrogen (secondary N) is 1. The minimum absolute atomic E-state index is 0.186. The first-order valence-corrected chi connectivity index (χ1v) is 7.92. The van der Waals surface area contributed by atoms with E-state index in [0.29, 0.717) is 5.56 Å². The van der Waals surface area contributed by atoms with Crippen LogP contribution in [0.4, 0.5) is 0 Å². The van der Waals surface area contributed by atoms with Gasteiger partial charge in [-0.15, -0.1) is 0 Å². The molecule has 1 atom stereocenters. The molecule has 2 heterocycles. The van der Waals surface area contributed by atoms with Crippen LogP contribution >= 0.6 is 0 Å². The third-order valence-electron chi connectivity index (χ3n) is 4.32. The highest BCUT2D eigenvalue weighted by Gasteiger charge is 2.23. The van der Waals surface area contributed by atoms with E-state index in [9.17, 15) is 4.79 Å². The number of carbonyl (C=O) groups excluding carboxylic acids is 1. The van der Waals surface area contributed by atoms with E-state index in [1.807, 2.05) is 56.0 Å². The molecule has 0 bridgehead atoms. The van der Waals surface area contributed by atoms with Crippen molar-refractivity contribution in [2.75, 3.05) is 7.11 Å². The minimum atomic E-state index is -0.377. The Hall–Kier alpha value is -3.09. The van der Waals surface area contributed by atoms with Gasteiger partial charge >= 0.3 is 0 Å². The van der Waals surface area contributed by atoms with Gasteiger partial charge in [-0.25, -0.2) is 4.98 Å². The first-order chi connectivity index (χ1) is 12.0. The molecule has 0 aliphatic rings. The molecule has 2 aromatic heterocycles. The molecule has 0 spiro atoms. The Bertz CT molecular complexity index is 879. The van der Waals surface area contributed by atoms with E-state index in [2.05, 4.69) is 15.4 Å². The number of imidazole rings is 1. The van der Waals surface area contributed by atoms with Gasteiger partial charge in [0.25, 0.3) is 5.91 Å². The van der Waals surface area contributed by atoms with Gasteiger partial charge in [-0.05, 0) is 24.6 Å². The number of aryl methyl sites for hydroxylation is 2. The van der Waals surface area contributed by atoms with Crippen LogP contribution in [-0.2, 0) is 14.1 Å². The Morgan fingerprint density at radius 2 is 1.96 bits per heavy atom. The van der Waals surface area contributed by atoms with Crippen molar-refractivity contribution in [3.05, 3.63) is 65.5 Å². The first-order valence-electron chi connectivity index (χ1n) is 7.92. The Morgan fingerprint density at radius 1 is 1.24 bits per heavy atom. The zero-order chi connectivity index (χ0) is 18.0. The van der Waals surface area contributed by atoms with E-state index in [0.717, 1.165) is 22.8 Å². The Balaban J connectivity index is 1.95. The van der Waals surface area contributed by atoms with Crippen molar-refractivity contribution in [1.29, 1.82) is 0 Å². The van der Waals surface area contributed by atoms with Gasteiger partial charge in [0.1, 0.15) is 17.6 Å². The maximum absolute atomic E-state index is 12.8. The van der Waals surface area contributed by atoms with Crippen LogP contribution in [-0.4, -0.2) is 32.3 Å². The molecular weight excluding hydrogens is 318 g/mol. The number of aromatic nitrogens is 4. The Kier molecular flexibility index (Phi) is 4.56. The summed E-state index contributed by atoms with van der Waals surface area (Å²) in [5, 5.41) is 7.21. The molecule has 3 rings (SSSR count). The van der Waals surface area contributed by atoms with E-state index >= 15 is 0 Å². The van der Waals surface area contributed by atoms with Gasteiger partial charge in [0, 0.05) is 32.2 Å². The smallest absolute Gasteiger partial charge is 0.255 e. The van der Waals surface area contributed by atoms with E-state index in [1.165, 1.54) is 0 Å². The fourth-order valence-corrected chi connectivity index (χ4v) is 2.68. The number of nitrogens with zero attached hydrogens (tertiary/aromatic N) is 4. The van der Waals surface area contributed by atoms with Gasteiger partial charge in [-0.1, -0.05) is 12.1 Å². The summed E-state index contributed by atoms with van der Waals surface area (Å²) in [4.78, 5) is 17.2. The molecule has 0 saturated carbocycles. The van der Waals surface area contributed by atoms with Crippen LogP contribution in [0.25, 0.3) is 0 Å². The molecule has 0 aliphatic carbocycles. The van der Waals surface area contributed by atoms with E-state index in [1.54, 1.807) is 24.2 Å². The molecule has 7 heteroatoms. The summed E-state index contributed by atoms with van der Waals surface area (Å²) in [6.45, 7) is 1.87. The SMILES string of the molecule is COc1ccc([C@H](NC(=O)c2cnn(C)c2C)c2nccn2C)cc1. The Morgan fingerprint density at radius 3 is 2.48 bits per heavy atom. The summed E-state index contributed by atoms with van der Waals surface area (Å²) < 4.78 is 8.79. The molecular formula is C18H21N5O2. The number of methoxy groups -OCH3 is 1. The zero-order valence-electron chi connectivity index (χ0n) is 14.7. The molecule has 0 unspecified atom stereocenters. The average molecular weight is 339 g/mol. The topological polar surface area (TPSA) is 74.0 Å². The average Bonchev–Trinajstić information content (AvgIpc) is 3.19. The number of benzene rings is 1. The van der Waals surface area contributed by atoms with E-state index in [-0.39, 0.29) is 11.9 Å². The maximum atomic E-state index is 12.8. The first kappa shape index (κ1) is 16.8. The van der Waals surface area contributed by atoms with Gasteiger partial charge in [0.05, 0.1) is 18.9 Å². The fourth-order valence-electron chi connectivity index (χ4n) is 2.68. The number of amides is 1.